The molecule has 1 amide bonds. The second kappa shape index (κ2) is 7.25. The SMILES string of the molecule is CC(C)(C)OC(=O)NC1CCC[C@H](c2nnc(-c3ccccc3)o2)C1. The molecule has 2 aromatic rings. The molecule has 2 atom stereocenters. The smallest absolute Gasteiger partial charge is 0.407 e. The van der Waals surface area contributed by atoms with Gasteiger partial charge in [-0.1, -0.05) is 24.6 Å². The molecule has 1 aliphatic carbocycles. The van der Waals surface area contributed by atoms with Gasteiger partial charge in [0, 0.05) is 17.5 Å². The van der Waals surface area contributed by atoms with Gasteiger partial charge in [0.05, 0.1) is 0 Å². The third-order valence-corrected chi connectivity index (χ3v) is 4.21. The second-order valence-corrected chi connectivity index (χ2v) is 7.52. The van der Waals surface area contributed by atoms with Crippen LogP contribution in [0.2, 0.25) is 0 Å². The molecule has 6 nitrogen and oxygen atoms in total. The number of hydrogen-bond acceptors (Lipinski definition) is 5. The lowest BCUT2D eigenvalue weighted by molar-refractivity contribution is 0.0488. The van der Waals surface area contributed by atoms with Crippen molar-refractivity contribution in [2.45, 2.75) is 64.0 Å². The average Bonchev–Trinajstić information content (AvgIpc) is 3.04. The monoisotopic (exact) mass is 343 g/mol. The molecule has 1 heterocycles. The van der Waals surface area contributed by atoms with Crippen LogP contribution in [-0.2, 0) is 4.74 Å². The third-order valence-electron chi connectivity index (χ3n) is 4.21. The van der Waals surface area contributed by atoms with Crippen LogP contribution in [0.1, 0.15) is 58.3 Å². The fourth-order valence-electron chi connectivity index (χ4n) is 3.12. The minimum Gasteiger partial charge on any atom is -0.444 e. The molecular weight excluding hydrogens is 318 g/mol. The Morgan fingerprint density at radius 3 is 2.68 bits per heavy atom. The highest BCUT2D eigenvalue weighted by Gasteiger charge is 2.29. The number of benzene rings is 1. The number of carbonyl (C=O) groups is 1. The Bertz CT molecular complexity index is 706. The lowest BCUT2D eigenvalue weighted by atomic mass is 9.85. The molecule has 0 aliphatic heterocycles. The van der Waals surface area contributed by atoms with E-state index in [4.69, 9.17) is 9.15 Å². The largest absolute Gasteiger partial charge is 0.444 e. The zero-order valence-corrected chi connectivity index (χ0v) is 15.0. The molecule has 6 heteroatoms. The van der Waals surface area contributed by atoms with E-state index in [1.807, 2.05) is 51.1 Å². The summed E-state index contributed by atoms with van der Waals surface area (Å²) in [6.07, 6.45) is 3.36. The number of aromatic nitrogens is 2. The first-order valence-corrected chi connectivity index (χ1v) is 8.79. The Balaban J connectivity index is 1.62. The molecule has 1 aromatic heterocycles. The molecular formula is C19H25N3O3. The van der Waals surface area contributed by atoms with Crippen LogP contribution in [0.15, 0.2) is 34.7 Å². The average molecular weight is 343 g/mol. The van der Waals surface area contributed by atoms with Gasteiger partial charge in [-0.3, -0.25) is 0 Å². The van der Waals surface area contributed by atoms with Gasteiger partial charge in [-0.2, -0.15) is 0 Å². The number of hydrogen-bond donors (Lipinski definition) is 1. The molecule has 1 saturated carbocycles. The van der Waals surface area contributed by atoms with Gasteiger partial charge in [0.1, 0.15) is 5.60 Å². The molecule has 3 rings (SSSR count). The number of carbonyl (C=O) groups excluding carboxylic acids is 1. The van der Waals surface area contributed by atoms with Crippen molar-refractivity contribution < 1.29 is 13.9 Å². The van der Waals surface area contributed by atoms with Gasteiger partial charge in [0.25, 0.3) is 0 Å². The van der Waals surface area contributed by atoms with E-state index < -0.39 is 5.60 Å². The van der Waals surface area contributed by atoms with Crippen LogP contribution in [0.3, 0.4) is 0 Å². The van der Waals surface area contributed by atoms with Crippen LogP contribution in [-0.4, -0.2) is 27.9 Å². The molecule has 25 heavy (non-hydrogen) atoms. The maximum absolute atomic E-state index is 12.0. The second-order valence-electron chi connectivity index (χ2n) is 7.52. The number of nitrogens with one attached hydrogen (secondary N) is 1. The maximum atomic E-state index is 12.0. The first-order valence-electron chi connectivity index (χ1n) is 8.79. The lowest BCUT2D eigenvalue weighted by Crippen LogP contribution is -2.41. The van der Waals surface area contributed by atoms with Gasteiger partial charge < -0.3 is 14.5 Å². The van der Waals surface area contributed by atoms with Gasteiger partial charge in [-0.05, 0) is 52.2 Å². The van der Waals surface area contributed by atoms with Crippen molar-refractivity contribution in [1.82, 2.24) is 15.5 Å². The predicted octanol–water partition coefficient (Wildman–Crippen LogP) is 4.29. The normalized spacial score (nSPS) is 20.9. The van der Waals surface area contributed by atoms with Crippen molar-refractivity contribution in [2.75, 3.05) is 0 Å². The van der Waals surface area contributed by atoms with Gasteiger partial charge in [0.2, 0.25) is 11.8 Å². The highest BCUT2D eigenvalue weighted by atomic mass is 16.6. The Morgan fingerprint density at radius 1 is 1.20 bits per heavy atom. The predicted molar refractivity (Wildman–Crippen MR) is 94.1 cm³/mol. The van der Waals surface area contributed by atoms with Gasteiger partial charge in [-0.25, -0.2) is 4.79 Å². The fourth-order valence-corrected chi connectivity index (χ4v) is 3.12. The standard InChI is InChI=1S/C19H25N3O3/c1-19(2,3)25-18(23)20-15-11-7-10-14(12-15)17-22-21-16(24-17)13-8-5-4-6-9-13/h4-6,8-9,14-15H,7,10-12H2,1-3H3,(H,20,23)/t14-,15?/m0/s1. The van der Waals surface area contributed by atoms with Crippen LogP contribution in [0.4, 0.5) is 4.79 Å². The first-order chi connectivity index (χ1) is 11.9. The molecule has 0 bridgehead atoms. The number of rotatable bonds is 3. The highest BCUT2D eigenvalue weighted by Crippen LogP contribution is 2.33. The van der Waals surface area contributed by atoms with E-state index in [0.717, 1.165) is 31.2 Å². The van der Waals surface area contributed by atoms with E-state index in [9.17, 15) is 4.79 Å². The number of alkyl carbamates (subject to hydrolysis) is 1. The minimum atomic E-state index is -0.491. The minimum absolute atomic E-state index is 0.0701. The summed E-state index contributed by atoms with van der Waals surface area (Å²) in [6.45, 7) is 5.58. The molecule has 1 N–H and O–H groups in total. The van der Waals surface area contributed by atoms with Crippen LogP contribution in [0, 0.1) is 0 Å². The van der Waals surface area contributed by atoms with E-state index >= 15 is 0 Å². The number of ether oxygens (including phenoxy) is 1. The summed E-state index contributed by atoms with van der Waals surface area (Å²) in [7, 11) is 0. The summed E-state index contributed by atoms with van der Waals surface area (Å²) >= 11 is 0. The summed E-state index contributed by atoms with van der Waals surface area (Å²) in [4.78, 5) is 12.0. The van der Waals surface area contributed by atoms with Gasteiger partial charge >= 0.3 is 6.09 Å². The van der Waals surface area contributed by atoms with E-state index in [-0.39, 0.29) is 18.1 Å². The van der Waals surface area contributed by atoms with E-state index in [0.29, 0.717) is 11.8 Å². The van der Waals surface area contributed by atoms with Crippen molar-refractivity contribution in [3.63, 3.8) is 0 Å². The Labute approximate surface area is 148 Å². The van der Waals surface area contributed by atoms with Crippen LogP contribution in [0.5, 0.6) is 0 Å². The topological polar surface area (TPSA) is 77.2 Å². The zero-order valence-electron chi connectivity index (χ0n) is 15.0. The molecule has 1 fully saturated rings. The van der Waals surface area contributed by atoms with Crippen LogP contribution < -0.4 is 5.32 Å². The maximum Gasteiger partial charge on any atom is 0.407 e. The van der Waals surface area contributed by atoms with E-state index in [1.54, 1.807) is 0 Å². The number of nitrogens with zero attached hydrogens (tertiary/aromatic N) is 2. The summed E-state index contributed by atoms with van der Waals surface area (Å²) in [6, 6.07) is 9.81. The van der Waals surface area contributed by atoms with Crippen molar-refractivity contribution in [1.29, 1.82) is 0 Å². The highest BCUT2D eigenvalue weighted by molar-refractivity contribution is 5.68. The first kappa shape index (κ1) is 17.5. The van der Waals surface area contributed by atoms with Gasteiger partial charge in [-0.15, -0.1) is 10.2 Å². The van der Waals surface area contributed by atoms with Gasteiger partial charge in [0.15, 0.2) is 0 Å². The molecule has 134 valence electrons. The van der Waals surface area contributed by atoms with Crippen LogP contribution in [0.25, 0.3) is 11.5 Å². The van der Waals surface area contributed by atoms with Crippen molar-refractivity contribution >= 4 is 6.09 Å². The van der Waals surface area contributed by atoms with Crippen molar-refractivity contribution in [3.05, 3.63) is 36.2 Å². The lowest BCUT2D eigenvalue weighted by Gasteiger charge is -2.29. The molecule has 0 spiro atoms. The van der Waals surface area contributed by atoms with Crippen molar-refractivity contribution in [2.24, 2.45) is 0 Å². The molecule has 0 saturated heterocycles. The summed E-state index contributed by atoms with van der Waals surface area (Å²) in [5.41, 5.74) is 0.426. The molecule has 1 aromatic carbocycles. The third kappa shape index (κ3) is 4.81. The quantitative estimate of drug-likeness (QED) is 0.899. The summed E-state index contributed by atoms with van der Waals surface area (Å²) < 4.78 is 11.2. The Hall–Kier alpha value is -2.37. The number of amides is 1. The fraction of sp³-hybridized carbons (Fsp3) is 0.526. The van der Waals surface area contributed by atoms with E-state index in [1.165, 1.54) is 0 Å². The van der Waals surface area contributed by atoms with Crippen LogP contribution >= 0.6 is 0 Å². The zero-order chi connectivity index (χ0) is 17.9. The molecule has 1 unspecified atom stereocenters. The van der Waals surface area contributed by atoms with Crippen molar-refractivity contribution in [3.8, 4) is 11.5 Å². The summed E-state index contributed by atoms with van der Waals surface area (Å²) in [5, 5.41) is 11.4. The van der Waals surface area contributed by atoms with E-state index in [2.05, 4.69) is 15.5 Å². The molecule has 0 radical (unpaired) electrons. The Kier molecular flexibility index (Phi) is 5.06. The molecule has 1 aliphatic rings. The summed E-state index contributed by atoms with van der Waals surface area (Å²) in [5.74, 6) is 1.35. The Morgan fingerprint density at radius 2 is 1.96 bits per heavy atom.